The summed E-state index contributed by atoms with van der Waals surface area (Å²) in [7, 11) is 4.99. The third-order valence-corrected chi connectivity index (χ3v) is 4.93. The molecule has 28 heavy (non-hydrogen) atoms. The van der Waals surface area contributed by atoms with Crippen molar-refractivity contribution in [2.45, 2.75) is 39.8 Å². The van der Waals surface area contributed by atoms with Gasteiger partial charge in [-0.1, -0.05) is 13.8 Å². The van der Waals surface area contributed by atoms with Gasteiger partial charge in [0.2, 0.25) is 5.75 Å². The molecule has 8 heteroatoms. The monoisotopic (exact) mass is 406 g/mol. The van der Waals surface area contributed by atoms with Gasteiger partial charge in [-0.3, -0.25) is 4.99 Å². The molecule has 0 saturated carbocycles. The van der Waals surface area contributed by atoms with Crippen LogP contribution < -0.4 is 24.8 Å². The Morgan fingerprint density at radius 1 is 1.14 bits per heavy atom. The Labute approximate surface area is 171 Å². The predicted molar refractivity (Wildman–Crippen MR) is 114 cm³/mol. The van der Waals surface area contributed by atoms with E-state index in [2.05, 4.69) is 39.8 Å². The van der Waals surface area contributed by atoms with E-state index in [4.69, 9.17) is 14.2 Å². The summed E-state index contributed by atoms with van der Waals surface area (Å²) in [5.74, 6) is 3.04. The quantitative estimate of drug-likeness (QED) is 0.490. The Morgan fingerprint density at radius 3 is 2.29 bits per heavy atom. The second-order valence-electron chi connectivity index (χ2n) is 6.36. The number of aromatic nitrogens is 1. The molecule has 0 aliphatic rings. The molecule has 1 heterocycles. The maximum absolute atomic E-state index is 5.65. The van der Waals surface area contributed by atoms with Crippen molar-refractivity contribution in [3.05, 3.63) is 33.8 Å². The summed E-state index contributed by atoms with van der Waals surface area (Å²) in [6, 6.07) is 3.87. The molecule has 0 aliphatic carbocycles. The molecule has 0 amide bonds. The van der Waals surface area contributed by atoms with Crippen LogP contribution in [0.15, 0.2) is 22.5 Å². The molecule has 1 aromatic heterocycles. The standard InChI is InChI=1S/C20H30N4O3S/c1-7-27-19-16(25-5)8-14(9-17(19)26-6)10-22-20(21-4)23-11-18-24-15(12-28-18)13(2)3/h8-9,12-13H,7,10-11H2,1-6H3,(H2,21,22,23). The molecule has 0 spiro atoms. The van der Waals surface area contributed by atoms with Gasteiger partial charge >= 0.3 is 0 Å². The molecule has 0 atom stereocenters. The van der Waals surface area contributed by atoms with Crippen molar-refractivity contribution in [3.8, 4) is 17.2 Å². The normalized spacial score (nSPS) is 11.5. The van der Waals surface area contributed by atoms with Gasteiger partial charge in [-0.15, -0.1) is 11.3 Å². The number of guanidine groups is 1. The Morgan fingerprint density at radius 2 is 1.79 bits per heavy atom. The lowest BCUT2D eigenvalue weighted by molar-refractivity contribution is 0.288. The average Bonchev–Trinajstić information content (AvgIpc) is 3.18. The van der Waals surface area contributed by atoms with E-state index in [9.17, 15) is 0 Å². The van der Waals surface area contributed by atoms with Crippen LogP contribution in [0.4, 0.5) is 0 Å². The van der Waals surface area contributed by atoms with Crippen LogP contribution >= 0.6 is 11.3 Å². The summed E-state index contributed by atoms with van der Waals surface area (Å²) < 4.78 is 16.6. The second-order valence-corrected chi connectivity index (χ2v) is 7.31. The van der Waals surface area contributed by atoms with E-state index in [-0.39, 0.29) is 0 Å². The maximum atomic E-state index is 5.65. The number of aliphatic imine (C=N–C) groups is 1. The van der Waals surface area contributed by atoms with Crippen LogP contribution in [0, 0.1) is 0 Å². The number of nitrogens with one attached hydrogen (secondary N) is 2. The fourth-order valence-corrected chi connectivity index (χ4v) is 3.46. The van der Waals surface area contributed by atoms with E-state index >= 15 is 0 Å². The van der Waals surface area contributed by atoms with E-state index in [0.717, 1.165) is 16.3 Å². The lowest BCUT2D eigenvalue weighted by Gasteiger charge is -2.16. The first kappa shape index (κ1) is 21.8. The van der Waals surface area contributed by atoms with Crippen molar-refractivity contribution in [1.29, 1.82) is 0 Å². The molecule has 0 radical (unpaired) electrons. The first-order valence-electron chi connectivity index (χ1n) is 9.28. The molecule has 0 fully saturated rings. The lowest BCUT2D eigenvalue weighted by Crippen LogP contribution is -2.36. The van der Waals surface area contributed by atoms with Crippen LogP contribution in [0.3, 0.4) is 0 Å². The highest BCUT2D eigenvalue weighted by atomic mass is 32.1. The SMILES string of the molecule is CCOc1c(OC)cc(CNC(=NC)NCc2nc(C(C)C)cs2)cc1OC. The highest BCUT2D eigenvalue weighted by molar-refractivity contribution is 7.09. The summed E-state index contributed by atoms with van der Waals surface area (Å²) in [4.78, 5) is 8.91. The summed E-state index contributed by atoms with van der Waals surface area (Å²) in [6.07, 6.45) is 0. The average molecular weight is 407 g/mol. The van der Waals surface area contributed by atoms with E-state index in [1.165, 1.54) is 0 Å². The summed E-state index contributed by atoms with van der Waals surface area (Å²) in [6.45, 7) is 7.95. The Bertz CT molecular complexity index is 765. The zero-order valence-corrected chi connectivity index (χ0v) is 18.3. The van der Waals surface area contributed by atoms with Crippen molar-refractivity contribution < 1.29 is 14.2 Å². The summed E-state index contributed by atoms with van der Waals surface area (Å²) >= 11 is 1.66. The zero-order valence-electron chi connectivity index (χ0n) is 17.5. The Kier molecular flexibility index (Phi) is 8.38. The third kappa shape index (κ3) is 5.76. The van der Waals surface area contributed by atoms with Crippen molar-refractivity contribution in [2.24, 2.45) is 4.99 Å². The number of benzene rings is 1. The van der Waals surface area contributed by atoms with Gasteiger partial charge in [0.15, 0.2) is 17.5 Å². The lowest BCUT2D eigenvalue weighted by atomic mass is 10.2. The van der Waals surface area contributed by atoms with Crippen LogP contribution in [0.2, 0.25) is 0 Å². The molecular formula is C20H30N4O3S. The number of ether oxygens (including phenoxy) is 3. The van der Waals surface area contributed by atoms with Gasteiger partial charge in [0, 0.05) is 19.0 Å². The molecule has 0 aliphatic heterocycles. The predicted octanol–water partition coefficient (Wildman–Crippen LogP) is 3.55. The van der Waals surface area contributed by atoms with Crippen LogP contribution in [-0.2, 0) is 13.1 Å². The van der Waals surface area contributed by atoms with E-state index in [0.29, 0.717) is 48.8 Å². The van der Waals surface area contributed by atoms with Crippen molar-refractivity contribution in [1.82, 2.24) is 15.6 Å². The van der Waals surface area contributed by atoms with Gasteiger partial charge < -0.3 is 24.8 Å². The minimum atomic E-state index is 0.437. The molecule has 1 aromatic carbocycles. The minimum Gasteiger partial charge on any atom is -0.493 e. The molecule has 2 rings (SSSR count). The van der Waals surface area contributed by atoms with Crippen molar-refractivity contribution in [2.75, 3.05) is 27.9 Å². The van der Waals surface area contributed by atoms with Crippen LogP contribution in [-0.4, -0.2) is 38.8 Å². The highest BCUT2D eigenvalue weighted by Gasteiger charge is 2.14. The third-order valence-electron chi connectivity index (χ3n) is 4.06. The number of hydrogen-bond donors (Lipinski definition) is 2. The largest absolute Gasteiger partial charge is 0.493 e. The number of nitrogens with zero attached hydrogens (tertiary/aromatic N) is 2. The minimum absolute atomic E-state index is 0.437. The van der Waals surface area contributed by atoms with Crippen LogP contribution in [0.25, 0.3) is 0 Å². The number of thiazole rings is 1. The Balaban J connectivity index is 2.00. The van der Waals surface area contributed by atoms with E-state index in [1.807, 2.05) is 19.1 Å². The first-order chi connectivity index (χ1) is 13.5. The van der Waals surface area contributed by atoms with Gasteiger partial charge in [-0.25, -0.2) is 4.98 Å². The fourth-order valence-electron chi connectivity index (χ4n) is 2.56. The second kappa shape index (κ2) is 10.8. The van der Waals surface area contributed by atoms with Crippen molar-refractivity contribution >= 4 is 17.3 Å². The van der Waals surface area contributed by atoms with Gasteiger partial charge in [0.25, 0.3) is 0 Å². The van der Waals surface area contributed by atoms with E-state index < -0.39 is 0 Å². The molecule has 2 N–H and O–H groups in total. The van der Waals surface area contributed by atoms with Gasteiger partial charge in [0.05, 0.1) is 33.1 Å². The Hall–Kier alpha value is -2.48. The molecular weight excluding hydrogens is 376 g/mol. The van der Waals surface area contributed by atoms with Crippen LogP contribution in [0.1, 0.15) is 43.0 Å². The number of methoxy groups -OCH3 is 2. The molecule has 154 valence electrons. The molecule has 0 saturated heterocycles. The topological polar surface area (TPSA) is 77.0 Å². The van der Waals surface area contributed by atoms with Crippen LogP contribution in [0.5, 0.6) is 17.2 Å². The highest BCUT2D eigenvalue weighted by Crippen LogP contribution is 2.38. The van der Waals surface area contributed by atoms with Gasteiger partial charge in [0.1, 0.15) is 5.01 Å². The first-order valence-corrected chi connectivity index (χ1v) is 10.2. The summed E-state index contributed by atoms with van der Waals surface area (Å²) in [5.41, 5.74) is 2.12. The maximum Gasteiger partial charge on any atom is 0.203 e. The number of hydrogen-bond acceptors (Lipinski definition) is 6. The smallest absolute Gasteiger partial charge is 0.203 e. The molecule has 2 aromatic rings. The summed E-state index contributed by atoms with van der Waals surface area (Å²) in [5, 5.41) is 9.75. The van der Waals surface area contributed by atoms with E-state index in [1.54, 1.807) is 32.6 Å². The zero-order chi connectivity index (χ0) is 20.5. The molecule has 7 nitrogen and oxygen atoms in total. The fraction of sp³-hybridized carbons (Fsp3) is 0.500. The molecule has 0 unspecified atom stereocenters. The van der Waals surface area contributed by atoms with Gasteiger partial charge in [-0.2, -0.15) is 0 Å². The van der Waals surface area contributed by atoms with Gasteiger partial charge in [-0.05, 0) is 30.5 Å². The molecule has 0 bridgehead atoms. The van der Waals surface area contributed by atoms with Crippen molar-refractivity contribution in [3.63, 3.8) is 0 Å². The number of rotatable bonds is 9.